The van der Waals surface area contributed by atoms with Gasteiger partial charge in [-0.25, -0.2) is 4.98 Å². The van der Waals surface area contributed by atoms with Crippen LogP contribution in [0.15, 0.2) is 18.3 Å². The van der Waals surface area contributed by atoms with E-state index < -0.39 is 0 Å². The van der Waals surface area contributed by atoms with Crippen molar-refractivity contribution >= 4 is 5.91 Å². The predicted molar refractivity (Wildman–Crippen MR) is 51.6 cm³/mol. The highest BCUT2D eigenvalue weighted by atomic mass is 16.2. The van der Waals surface area contributed by atoms with Crippen LogP contribution in [0.1, 0.15) is 23.0 Å². The number of nitrogens with zero attached hydrogens (tertiary/aromatic N) is 3. The minimum absolute atomic E-state index is 0.0913. The molecule has 0 bridgehead atoms. The second-order valence-electron chi connectivity index (χ2n) is 2.86. The Bertz CT molecular complexity index is 381. The maximum absolute atomic E-state index is 11.6. The summed E-state index contributed by atoms with van der Waals surface area (Å²) in [4.78, 5) is 17.0. The van der Waals surface area contributed by atoms with E-state index in [1.807, 2.05) is 13.0 Å². The zero-order valence-electron chi connectivity index (χ0n) is 8.19. The lowest BCUT2D eigenvalue weighted by Gasteiger charge is -2.13. The zero-order valence-corrected chi connectivity index (χ0v) is 8.19. The normalized spacial score (nSPS) is 9.21. The van der Waals surface area contributed by atoms with Gasteiger partial charge in [0.15, 0.2) is 0 Å². The van der Waals surface area contributed by atoms with E-state index in [-0.39, 0.29) is 11.6 Å². The van der Waals surface area contributed by atoms with Gasteiger partial charge in [0.05, 0.1) is 0 Å². The molecule has 0 aliphatic heterocycles. The lowest BCUT2D eigenvalue weighted by molar-refractivity contribution is 0.0802. The van der Waals surface area contributed by atoms with E-state index in [1.165, 1.54) is 12.3 Å². The summed E-state index contributed by atoms with van der Waals surface area (Å²) in [7, 11) is 1.72. The molecular formula is C10H11N3O. The largest absolute Gasteiger partial charge is 0.342 e. The Kier molecular flexibility index (Phi) is 3.19. The van der Waals surface area contributed by atoms with Crippen LogP contribution < -0.4 is 0 Å². The van der Waals surface area contributed by atoms with E-state index in [1.54, 1.807) is 18.0 Å². The van der Waals surface area contributed by atoms with E-state index in [0.717, 1.165) is 0 Å². The van der Waals surface area contributed by atoms with Gasteiger partial charge < -0.3 is 4.90 Å². The quantitative estimate of drug-likeness (QED) is 0.698. The average molecular weight is 189 g/mol. The molecule has 0 saturated carbocycles. The lowest BCUT2D eigenvalue weighted by atomic mass is 10.2. The monoisotopic (exact) mass is 189 g/mol. The Hall–Kier alpha value is -1.89. The van der Waals surface area contributed by atoms with Gasteiger partial charge in [0, 0.05) is 25.4 Å². The molecule has 1 rings (SSSR count). The molecule has 4 heteroatoms. The van der Waals surface area contributed by atoms with Gasteiger partial charge in [0.1, 0.15) is 11.8 Å². The van der Waals surface area contributed by atoms with Crippen molar-refractivity contribution in [3.05, 3.63) is 29.6 Å². The molecule has 1 heterocycles. The molecule has 72 valence electrons. The van der Waals surface area contributed by atoms with Crippen molar-refractivity contribution in [3.63, 3.8) is 0 Å². The van der Waals surface area contributed by atoms with Crippen molar-refractivity contribution in [3.8, 4) is 6.07 Å². The second kappa shape index (κ2) is 4.38. The van der Waals surface area contributed by atoms with Crippen LogP contribution in [-0.2, 0) is 0 Å². The molecule has 1 amide bonds. The molecule has 4 nitrogen and oxygen atoms in total. The van der Waals surface area contributed by atoms with Crippen molar-refractivity contribution in [1.82, 2.24) is 9.88 Å². The highest BCUT2D eigenvalue weighted by Crippen LogP contribution is 2.04. The van der Waals surface area contributed by atoms with Crippen LogP contribution in [0.5, 0.6) is 0 Å². The molecule has 0 N–H and O–H groups in total. The fourth-order valence-corrected chi connectivity index (χ4v) is 0.989. The molecule has 0 spiro atoms. The highest BCUT2D eigenvalue weighted by molar-refractivity contribution is 5.94. The SMILES string of the molecule is CCN(C)C(=O)c1ccnc(C#N)c1. The number of carbonyl (C=O) groups is 1. The number of rotatable bonds is 2. The van der Waals surface area contributed by atoms with Crippen molar-refractivity contribution in [2.24, 2.45) is 0 Å². The number of carbonyl (C=O) groups excluding carboxylic acids is 1. The van der Waals surface area contributed by atoms with E-state index >= 15 is 0 Å². The zero-order chi connectivity index (χ0) is 10.6. The van der Waals surface area contributed by atoms with E-state index in [4.69, 9.17) is 5.26 Å². The van der Waals surface area contributed by atoms with Crippen LogP contribution >= 0.6 is 0 Å². The first kappa shape index (κ1) is 10.2. The molecule has 0 aliphatic carbocycles. The fourth-order valence-electron chi connectivity index (χ4n) is 0.989. The summed E-state index contributed by atoms with van der Waals surface area (Å²) in [6.07, 6.45) is 1.47. The molecule has 14 heavy (non-hydrogen) atoms. The first-order chi connectivity index (χ1) is 6.69. The first-order valence-electron chi connectivity index (χ1n) is 4.30. The van der Waals surface area contributed by atoms with Gasteiger partial charge in [-0.1, -0.05) is 0 Å². The van der Waals surface area contributed by atoms with Gasteiger partial charge in [-0.15, -0.1) is 0 Å². The molecule has 1 aromatic rings. The topological polar surface area (TPSA) is 57.0 Å². The summed E-state index contributed by atoms with van der Waals surface area (Å²) >= 11 is 0. The molecule has 1 aromatic heterocycles. The number of aromatic nitrogens is 1. The third kappa shape index (κ3) is 2.07. The summed E-state index contributed by atoms with van der Waals surface area (Å²) in [5.74, 6) is -0.0913. The number of amides is 1. The Balaban J connectivity index is 2.97. The molecule has 0 radical (unpaired) electrons. The van der Waals surface area contributed by atoms with Crippen LogP contribution in [0.4, 0.5) is 0 Å². The van der Waals surface area contributed by atoms with Crippen LogP contribution in [0, 0.1) is 11.3 Å². The third-order valence-corrected chi connectivity index (χ3v) is 1.94. The van der Waals surface area contributed by atoms with Crippen molar-refractivity contribution in [2.75, 3.05) is 13.6 Å². The molecule has 0 unspecified atom stereocenters. The van der Waals surface area contributed by atoms with Crippen LogP contribution in [-0.4, -0.2) is 29.4 Å². The highest BCUT2D eigenvalue weighted by Gasteiger charge is 2.10. The lowest BCUT2D eigenvalue weighted by Crippen LogP contribution is -2.26. The average Bonchev–Trinajstić information content (AvgIpc) is 2.27. The number of nitriles is 1. The van der Waals surface area contributed by atoms with Gasteiger partial charge in [-0.3, -0.25) is 4.79 Å². The summed E-state index contributed by atoms with van der Waals surface area (Å²) in [5, 5.41) is 8.60. The Morgan fingerprint density at radius 1 is 1.71 bits per heavy atom. The summed E-state index contributed by atoms with van der Waals surface area (Å²) in [6.45, 7) is 2.54. The standard InChI is InChI=1S/C10H11N3O/c1-3-13(2)10(14)8-4-5-12-9(6-8)7-11/h4-6H,3H2,1-2H3. The van der Waals surface area contributed by atoms with Gasteiger partial charge in [-0.05, 0) is 19.1 Å². The van der Waals surface area contributed by atoms with Gasteiger partial charge in [-0.2, -0.15) is 5.26 Å². The van der Waals surface area contributed by atoms with E-state index in [2.05, 4.69) is 4.98 Å². The van der Waals surface area contributed by atoms with Gasteiger partial charge in [0.2, 0.25) is 0 Å². The van der Waals surface area contributed by atoms with Crippen molar-refractivity contribution < 1.29 is 4.79 Å². The minimum Gasteiger partial charge on any atom is -0.342 e. The molecule has 0 aliphatic rings. The Morgan fingerprint density at radius 3 is 3.00 bits per heavy atom. The predicted octanol–water partition coefficient (Wildman–Crippen LogP) is 1.05. The smallest absolute Gasteiger partial charge is 0.253 e. The maximum atomic E-state index is 11.6. The molecule has 0 saturated heterocycles. The minimum atomic E-state index is -0.0913. The van der Waals surface area contributed by atoms with Crippen LogP contribution in [0.3, 0.4) is 0 Å². The summed E-state index contributed by atoms with van der Waals surface area (Å²) < 4.78 is 0. The molecular weight excluding hydrogens is 178 g/mol. The molecule has 0 aromatic carbocycles. The number of pyridine rings is 1. The summed E-state index contributed by atoms with van der Waals surface area (Å²) in [6, 6.07) is 5.00. The van der Waals surface area contributed by atoms with E-state index in [9.17, 15) is 4.79 Å². The van der Waals surface area contributed by atoms with Gasteiger partial charge in [0.25, 0.3) is 5.91 Å². The molecule has 0 atom stereocenters. The van der Waals surface area contributed by atoms with Crippen molar-refractivity contribution in [1.29, 1.82) is 5.26 Å². The molecule has 0 fully saturated rings. The van der Waals surface area contributed by atoms with Crippen LogP contribution in [0.2, 0.25) is 0 Å². The number of hydrogen-bond acceptors (Lipinski definition) is 3. The number of hydrogen-bond donors (Lipinski definition) is 0. The Morgan fingerprint density at radius 2 is 2.43 bits per heavy atom. The third-order valence-electron chi connectivity index (χ3n) is 1.94. The van der Waals surface area contributed by atoms with Crippen LogP contribution in [0.25, 0.3) is 0 Å². The second-order valence-corrected chi connectivity index (χ2v) is 2.86. The Labute approximate surface area is 82.8 Å². The summed E-state index contributed by atoms with van der Waals surface area (Å²) in [5.41, 5.74) is 0.765. The van der Waals surface area contributed by atoms with Gasteiger partial charge >= 0.3 is 0 Å². The van der Waals surface area contributed by atoms with Crippen molar-refractivity contribution in [2.45, 2.75) is 6.92 Å². The van der Waals surface area contributed by atoms with E-state index in [0.29, 0.717) is 12.1 Å². The first-order valence-corrected chi connectivity index (χ1v) is 4.30. The maximum Gasteiger partial charge on any atom is 0.253 e. The fraction of sp³-hybridized carbons (Fsp3) is 0.300.